The largest absolute Gasteiger partial charge is 0.314 e. The van der Waals surface area contributed by atoms with Crippen LogP contribution in [0.15, 0.2) is 17.1 Å². The predicted molar refractivity (Wildman–Crippen MR) is 65.5 cm³/mol. The first-order valence-electron chi connectivity index (χ1n) is 5.03. The Labute approximate surface area is 97.5 Å². The van der Waals surface area contributed by atoms with Gasteiger partial charge in [-0.1, -0.05) is 6.42 Å². The van der Waals surface area contributed by atoms with Crippen LogP contribution in [0.5, 0.6) is 0 Å². The quantitative estimate of drug-likeness (QED) is 0.770. The molecular formula is C11H14INO. The van der Waals surface area contributed by atoms with Crippen molar-refractivity contribution < 1.29 is 0 Å². The Morgan fingerprint density at radius 3 is 2.86 bits per heavy atom. The standard InChI is InChI=1S/C11H14INO/c1-8-5-11(14)13(7-10(8)12)6-9-3-2-4-9/h5,7,9H,2-4,6H2,1H3. The zero-order valence-electron chi connectivity index (χ0n) is 8.29. The molecule has 0 bridgehead atoms. The monoisotopic (exact) mass is 303 g/mol. The fourth-order valence-electron chi connectivity index (χ4n) is 1.74. The molecule has 1 aromatic rings. The van der Waals surface area contributed by atoms with Crippen LogP contribution in [0, 0.1) is 16.4 Å². The number of hydrogen-bond acceptors (Lipinski definition) is 1. The van der Waals surface area contributed by atoms with Crippen LogP contribution in [0.4, 0.5) is 0 Å². The van der Waals surface area contributed by atoms with E-state index in [0.29, 0.717) is 0 Å². The molecular weight excluding hydrogens is 289 g/mol. The predicted octanol–water partition coefficient (Wildman–Crippen LogP) is 2.56. The van der Waals surface area contributed by atoms with Crippen molar-refractivity contribution in [2.75, 3.05) is 0 Å². The van der Waals surface area contributed by atoms with Crippen LogP contribution in [-0.2, 0) is 6.54 Å². The first kappa shape index (κ1) is 10.2. The summed E-state index contributed by atoms with van der Waals surface area (Å²) in [5.74, 6) is 0.742. The van der Waals surface area contributed by atoms with E-state index in [0.717, 1.165) is 18.0 Å². The van der Waals surface area contributed by atoms with Gasteiger partial charge >= 0.3 is 0 Å². The molecule has 1 aliphatic carbocycles. The zero-order valence-corrected chi connectivity index (χ0v) is 10.5. The Morgan fingerprint density at radius 2 is 2.29 bits per heavy atom. The van der Waals surface area contributed by atoms with E-state index < -0.39 is 0 Å². The molecule has 2 nitrogen and oxygen atoms in total. The molecule has 14 heavy (non-hydrogen) atoms. The number of pyridine rings is 1. The van der Waals surface area contributed by atoms with E-state index in [4.69, 9.17) is 0 Å². The van der Waals surface area contributed by atoms with E-state index in [1.54, 1.807) is 6.07 Å². The van der Waals surface area contributed by atoms with Crippen molar-refractivity contribution in [3.05, 3.63) is 31.8 Å². The highest BCUT2D eigenvalue weighted by Gasteiger charge is 2.18. The van der Waals surface area contributed by atoms with Crippen LogP contribution in [0.25, 0.3) is 0 Å². The lowest BCUT2D eigenvalue weighted by Crippen LogP contribution is -2.26. The van der Waals surface area contributed by atoms with Crippen LogP contribution in [0.3, 0.4) is 0 Å². The summed E-state index contributed by atoms with van der Waals surface area (Å²) < 4.78 is 3.04. The Hall–Kier alpha value is -0.320. The molecule has 1 saturated carbocycles. The van der Waals surface area contributed by atoms with Gasteiger partial charge in [0.1, 0.15) is 0 Å². The second-order valence-corrected chi connectivity index (χ2v) is 5.25. The fourth-order valence-corrected chi connectivity index (χ4v) is 2.23. The molecule has 0 aromatic carbocycles. The van der Waals surface area contributed by atoms with Gasteiger partial charge in [-0.25, -0.2) is 0 Å². The molecule has 0 saturated heterocycles. The maximum atomic E-state index is 11.6. The Balaban J connectivity index is 2.24. The molecule has 1 aliphatic rings. The highest BCUT2D eigenvalue weighted by Crippen LogP contribution is 2.27. The number of aryl methyl sites for hydroxylation is 1. The third-order valence-electron chi connectivity index (χ3n) is 2.95. The second-order valence-electron chi connectivity index (χ2n) is 4.09. The molecule has 1 heterocycles. The molecule has 3 heteroatoms. The molecule has 0 aliphatic heterocycles. The average molecular weight is 303 g/mol. The number of halogens is 1. The second kappa shape index (κ2) is 4.04. The van der Waals surface area contributed by atoms with Gasteiger partial charge in [0, 0.05) is 22.4 Å². The highest BCUT2D eigenvalue weighted by molar-refractivity contribution is 14.1. The van der Waals surface area contributed by atoms with Gasteiger partial charge in [0.2, 0.25) is 0 Å². The van der Waals surface area contributed by atoms with E-state index in [2.05, 4.69) is 22.6 Å². The summed E-state index contributed by atoms with van der Waals surface area (Å²) >= 11 is 2.28. The van der Waals surface area contributed by atoms with Gasteiger partial charge in [-0.15, -0.1) is 0 Å². The summed E-state index contributed by atoms with van der Waals surface area (Å²) in [7, 11) is 0. The first-order chi connectivity index (χ1) is 6.66. The normalized spacial score (nSPS) is 16.7. The summed E-state index contributed by atoms with van der Waals surface area (Å²) in [6.45, 7) is 2.89. The van der Waals surface area contributed by atoms with Crippen LogP contribution in [0.1, 0.15) is 24.8 Å². The molecule has 76 valence electrons. The maximum absolute atomic E-state index is 11.6. The van der Waals surface area contributed by atoms with Crippen LogP contribution >= 0.6 is 22.6 Å². The Morgan fingerprint density at radius 1 is 1.57 bits per heavy atom. The van der Waals surface area contributed by atoms with Gasteiger partial charge < -0.3 is 4.57 Å². The van der Waals surface area contributed by atoms with Crippen molar-refractivity contribution >= 4 is 22.6 Å². The summed E-state index contributed by atoms with van der Waals surface area (Å²) in [5, 5.41) is 0. The topological polar surface area (TPSA) is 22.0 Å². The lowest BCUT2D eigenvalue weighted by molar-refractivity contribution is 0.273. The van der Waals surface area contributed by atoms with Crippen molar-refractivity contribution in [2.24, 2.45) is 5.92 Å². The molecule has 0 radical (unpaired) electrons. The lowest BCUT2D eigenvalue weighted by atomic mass is 9.85. The van der Waals surface area contributed by atoms with Gasteiger partial charge in [0.25, 0.3) is 5.56 Å². The molecule has 0 spiro atoms. The average Bonchev–Trinajstić information content (AvgIpc) is 2.06. The molecule has 0 N–H and O–H groups in total. The van der Waals surface area contributed by atoms with Gasteiger partial charge in [0.05, 0.1) is 0 Å². The van der Waals surface area contributed by atoms with Gasteiger partial charge in [-0.2, -0.15) is 0 Å². The minimum Gasteiger partial charge on any atom is -0.314 e. The highest BCUT2D eigenvalue weighted by atomic mass is 127. The number of rotatable bonds is 2. The molecule has 1 fully saturated rings. The molecule has 1 aromatic heterocycles. The SMILES string of the molecule is Cc1cc(=O)n(CC2CCC2)cc1I. The van der Waals surface area contributed by atoms with Crippen molar-refractivity contribution in [2.45, 2.75) is 32.7 Å². The third kappa shape index (κ3) is 2.02. The number of nitrogens with zero attached hydrogens (tertiary/aromatic N) is 1. The molecule has 0 unspecified atom stereocenters. The van der Waals surface area contributed by atoms with Crippen LogP contribution in [-0.4, -0.2) is 4.57 Å². The smallest absolute Gasteiger partial charge is 0.250 e. The maximum Gasteiger partial charge on any atom is 0.250 e. The van der Waals surface area contributed by atoms with Crippen LogP contribution in [0.2, 0.25) is 0 Å². The Bertz CT molecular complexity index is 393. The van der Waals surface area contributed by atoms with E-state index in [1.165, 1.54) is 22.8 Å². The van der Waals surface area contributed by atoms with Gasteiger partial charge in [-0.3, -0.25) is 4.79 Å². The fraction of sp³-hybridized carbons (Fsp3) is 0.545. The minimum atomic E-state index is 0.148. The van der Waals surface area contributed by atoms with E-state index >= 15 is 0 Å². The summed E-state index contributed by atoms with van der Waals surface area (Å²) in [4.78, 5) is 11.6. The molecule has 0 atom stereocenters. The van der Waals surface area contributed by atoms with Gasteiger partial charge in [-0.05, 0) is 53.8 Å². The number of hydrogen-bond donors (Lipinski definition) is 0. The molecule has 2 rings (SSSR count). The lowest BCUT2D eigenvalue weighted by Gasteiger charge is -2.26. The van der Waals surface area contributed by atoms with Crippen molar-refractivity contribution in [1.29, 1.82) is 0 Å². The van der Waals surface area contributed by atoms with E-state index in [9.17, 15) is 4.79 Å². The molecule has 0 amide bonds. The van der Waals surface area contributed by atoms with E-state index in [1.807, 2.05) is 17.7 Å². The summed E-state index contributed by atoms with van der Waals surface area (Å²) in [6.07, 6.45) is 5.90. The third-order valence-corrected chi connectivity index (χ3v) is 4.08. The van der Waals surface area contributed by atoms with Crippen molar-refractivity contribution in [3.8, 4) is 0 Å². The number of aromatic nitrogens is 1. The zero-order chi connectivity index (χ0) is 10.1. The van der Waals surface area contributed by atoms with Crippen LogP contribution < -0.4 is 5.56 Å². The van der Waals surface area contributed by atoms with Crippen molar-refractivity contribution in [1.82, 2.24) is 4.57 Å². The van der Waals surface area contributed by atoms with E-state index in [-0.39, 0.29) is 5.56 Å². The van der Waals surface area contributed by atoms with Gasteiger partial charge in [0.15, 0.2) is 0 Å². The summed E-state index contributed by atoms with van der Waals surface area (Å²) in [5.41, 5.74) is 1.23. The minimum absolute atomic E-state index is 0.148. The Kier molecular flexibility index (Phi) is 2.95. The first-order valence-corrected chi connectivity index (χ1v) is 6.11. The van der Waals surface area contributed by atoms with Crippen molar-refractivity contribution in [3.63, 3.8) is 0 Å². The summed E-state index contributed by atoms with van der Waals surface area (Å²) in [6, 6.07) is 1.74.